The number of nitrogens with zero attached hydrogens (tertiary/aromatic N) is 1. The molecule has 1 aromatic carbocycles. The smallest absolute Gasteiger partial charge is 0.339 e. The number of benzene rings is 1. The first kappa shape index (κ1) is 20.7. The molecule has 0 aromatic heterocycles. The summed E-state index contributed by atoms with van der Waals surface area (Å²) < 4.78 is 39.4. The predicted molar refractivity (Wildman–Crippen MR) is 105 cm³/mol. The van der Waals surface area contributed by atoms with Crippen molar-refractivity contribution in [2.75, 3.05) is 19.6 Å². The lowest BCUT2D eigenvalue weighted by molar-refractivity contribution is -0.146. The van der Waals surface area contributed by atoms with Crippen molar-refractivity contribution in [2.45, 2.75) is 68.7 Å². The van der Waals surface area contributed by atoms with Crippen LogP contribution in [0.25, 0.3) is 0 Å². The highest BCUT2D eigenvalue weighted by atomic mass is 19.4. The summed E-state index contributed by atoms with van der Waals surface area (Å²) in [7, 11) is 0. The lowest BCUT2D eigenvalue weighted by atomic mass is 9.73. The van der Waals surface area contributed by atoms with Crippen molar-refractivity contribution in [3.8, 4) is 0 Å². The van der Waals surface area contributed by atoms with Gasteiger partial charge < -0.3 is 10.6 Å². The van der Waals surface area contributed by atoms with Gasteiger partial charge in [-0.05, 0) is 56.2 Å². The van der Waals surface area contributed by atoms with E-state index in [-0.39, 0.29) is 30.5 Å². The first-order valence-corrected chi connectivity index (χ1v) is 10.8. The molecule has 1 aromatic rings. The minimum absolute atomic E-state index is 0.0800. The van der Waals surface area contributed by atoms with Crippen molar-refractivity contribution in [1.29, 1.82) is 0 Å². The van der Waals surface area contributed by atoms with Gasteiger partial charge in [0, 0.05) is 6.54 Å². The van der Waals surface area contributed by atoms with E-state index in [1.54, 1.807) is 0 Å². The number of nitrogens with one attached hydrogen (secondary N) is 2. The van der Waals surface area contributed by atoms with E-state index in [0.29, 0.717) is 25.9 Å². The summed E-state index contributed by atoms with van der Waals surface area (Å²) in [5.74, 6) is 0.321. The largest absolute Gasteiger partial charge is 0.390 e. The van der Waals surface area contributed by atoms with Gasteiger partial charge in [-0.2, -0.15) is 13.2 Å². The average molecular weight is 409 g/mol. The molecule has 0 bridgehead atoms. The zero-order chi connectivity index (χ0) is 20.5. The van der Waals surface area contributed by atoms with Gasteiger partial charge in [-0.3, -0.25) is 9.69 Å². The molecule has 1 saturated carbocycles. The molecule has 3 unspecified atom stereocenters. The summed E-state index contributed by atoms with van der Waals surface area (Å²) in [5, 5.41) is 6.41. The van der Waals surface area contributed by atoms with Crippen molar-refractivity contribution in [2.24, 2.45) is 5.92 Å². The number of halogens is 3. The Morgan fingerprint density at radius 2 is 1.76 bits per heavy atom. The Bertz CT molecular complexity index is 703. The minimum atomic E-state index is -4.23. The standard InChI is InChI=1S/C22H30F3N3O/c23-22(24,25)12-15-28-19(27-20(29)21(28)10-13-26-14-11-21)18-9-5-4-8-17(18)16-6-2-1-3-7-16/h1-3,6-7,17-19,26H,4-5,8-15H2,(H,27,29). The third-order valence-corrected chi connectivity index (χ3v) is 7.11. The number of carbonyl (C=O) groups excluding carboxylic acids is 1. The van der Waals surface area contributed by atoms with Gasteiger partial charge in [-0.15, -0.1) is 0 Å². The van der Waals surface area contributed by atoms with Crippen molar-refractivity contribution in [1.82, 2.24) is 15.5 Å². The SMILES string of the molecule is O=C1NC(C2CCCCC2c2ccccc2)N(CCC(F)(F)F)C12CCNCC2. The molecule has 2 saturated heterocycles. The van der Waals surface area contributed by atoms with Crippen molar-refractivity contribution in [3.63, 3.8) is 0 Å². The van der Waals surface area contributed by atoms with Gasteiger partial charge in [0.1, 0.15) is 5.54 Å². The van der Waals surface area contributed by atoms with Crippen LogP contribution in [0.4, 0.5) is 13.2 Å². The second-order valence-corrected chi connectivity index (χ2v) is 8.72. The highest BCUT2D eigenvalue weighted by Gasteiger charge is 2.56. The first-order valence-electron chi connectivity index (χ1n) is 10.8. The number of rotatable bonds is 4. The van der Waals surface area contributed by atoms with E-state index in [1.807, 2.05) is 23.1 Å². The molecule has 1 spiro atoms. The second-order valence-electron chi connectivity index (χ2n) is 8.72. The molecule has 1 amide bonds. The van der Waals surface area contributed by atoms with E-state index in [1.165, 1.54) is 5.56 Å². The lowest BCUT2D eigenvalue weighted by Gasteiger charge is -2.45. The van der Waals surface area contributed by atoms with E-state index in [9.17, 15) is 18.0 Å². The molecule has 1 aliphatic carbocycles. The number of hydrogen-bond acceptors (Lipinski definition) is 3. The van der Waals surface area contributed by atoms with E-state index < -0.39 is 18.1 Å². The Balaban J connectivity index is 1.65. The Morgan fingerprint density at radius 1 is 1.07 bits per heavy atom. The highest BCUT2D eigenvalue weighted by Crippen LogP contribution is 2.45. The van der Waals surface area contributed by atoms with Gasteiger partial charge in [-0.1, -0.05) is 43.2 Å². The molecule has 160 valence electrons. The average Bonchev–Trinajstić information content (AvgIpc) is 2.98. The monoisotopic (exact) mass is 409 g/mol. The maximum absolute atomic E-state index is 13.1. The molecule has 3 aliphatic rings. The lowest BCUT2D eigenvalue weighted by Crippen LogP contribution is -2.58. The summed E-state index contributed by atoms with van der Waals surface area (Å²) in [6.45, 7) is 1.20. The Labute approximate surface area is 170 Å². The normalized spacial score (nSPS) is 30.4. The van der Waals surface area contributed by atoms with E-state index >= 15 is 0 Å². The molecule has 4 rings (SSSR count). The Kier molecular flexibility index (Phi) is 5.89. The van der Waals surface area contributed by atoms with Crippen molar-refractivity contribution < 1.29 is 18.0 Å². The molecule has 4 nitrogen and oxygen atoms in total. The van der Waals surface area contributed by atoms with Crippen LogP contribution in [0.3, 0.4) is 0 Å². The minimum Gasteiger partial charge on any atom is -0.339 e. The van der Waals surface area contributed by atoms with Crippen LogP contribution in [0.15, 0.2) is 30.3 Å². The quantitative estimate of drug-likeness (QED) is 0.795. The van der Waals surface area contributed by atoms with Crippen LogP contribution in [0.5, 0.6) is 0 Å². The van der Waals surface area contributed by atoms with Gasteiger partial charge in [0.25, 0.3) is 0 Å². The Morgan fingerprint density at radius 3 is 2.45 bits per heavy atom. The van der Waals surface area contributed by atoms with Gasteiger partial charge in [-0.25, -0.2) is 0 Å². The number of carbonyl (C=O) groups is 1. The fourth-order valence-electron chi connectivity index (χ4n) is 5.69. The third-order valence-electron chi connectivity index (χ3n) is 7.11. The Hall–Kier alpha value is -1.60. The van der Waals surface area contributed by atoms with Crippen LogP contribution in [-0.2, 0) is 4.79 Å². The summed E-state index contributed by atoms with van der Waals surface area (Å²) in [6.07, 6.45) is -0.174. The van der Waals surface area contributed by atoms with Gasteiger partial charge in [0.15, 0.2) is 0 Å². The molecule has 29 heavy (non-hydrogen) atoms. The fourth-order valence-corrected chi connectivity index (χ4v) is 5.69. The van der Waals surface area contributed by atoms with Crippen LogP contribution in [0.1, 0.15) is 56.4 Å². The number of alkyl halides is 3. The second kappa shape index (κ2) is 8.26. The molecule has 3 atom stereocenters. The molecule has 2 aliphatic heterocycles. The molecule has 3 fully saturated rings. The number of amides is 1. The number of hydrogen-bond donors (Lipinski definition) is 2. The maximum Gasteiger partial charge on any atom is 0.390 e. The van der Waals surface area contributed by atoms with E-state index in [0.717, 1.165) is 25.7 Å². The van der Waals surface area contributed by atoms with Gasteiger partial charge in [0.2, 0.25) is 5.91 Å². The molecule has 0 radical (unpaired) electrons. The van der Waals surface area contributed by atoms with E-state index in [2.05, 4.69) is 22.8 Å². The van der Waals surface area contributed by atoms with E-state index in [4.69, 9.17) is 0 Å². The predicted octanol–water partition coefficient (Wildman–Crippen LogP) is 3.79. The van der Waals surface area contributed by atoms with Crippen LogP contribution in [0, 0.1) is 5.92 Å². The third kappa shape index (κ3) is 4.17. The summed E-state index contributed by atoms with van der Waals surface area (Å²) >= 11 is 0. The zero-order valence-electron chi connectivity index (χ0n) is 16.7. The van der Waals surface area contributed by atoms with Gasteiger partial charge >= 0.3 is 6.18 Å². The topological polar surface area (TPSA) is 44.4 Å². The van der Waals surface area contributed by atoms with Crippen LogP contribution in [0.2, 0.25) is 0 Å². The molecule has 7 heteroatoms. The highest BCUT2D eigenvalue weighted by molar-refractivity contribution is 5.89. The fraction of sp³-hybridized carbons (Fsp3) is 0.682. The zero-order valence-corrected chi connectivity index (χ0v) is 16.7. The molecule has 2 heterocycles. The summed E-state index contributed by atoms with van der Waals surface area (Å²) in [6, 6.07) is 10.2. The summed E-state index contributed by atoms with van der Waals surface area (Å²) in [4.78, 5) is 15.0. The molecule has 2 N–H and O–H groups in total. The molecular weight excluding hydrogens is 379 g/mol. The van der Waals surface area contributed by atoms with Crippen molar-refractivity contribution >= 4 is 5.91 Å². The van der Waals surface area contributed by atoms with Crippen LogP contribution in [-0.4, -0.2) is 48.3 Å². The van der Waals surface area contributed by atoms with Crippen LogP contribution >= 0.6 is 0 Å². The maximum atomic E-state index is 13.1. The molecular formula is C22H30F3N3O. The first-order chi connectivity index (χ1) is 13.9. The van der Waals surface area contributed by atoms with Crippen molar-refractivity contribution in [3.05, 3.63) is 35.9 Å². The van der Waals surface area contributed by atoms with Crippen LogP contribution < -0.4 is 10.6 Å². The number of piperidine rings is 1. The summed E-state index contributed by atoms with van der Waals surface area (Å²) in [5.41, 5.74) is 0.424. The van der Waals surface area contributed by atoms with Gasteiger partial charge in [0.05, 0.1) is 12.6 Å².